The highest BCUT2D eigenvalue weighted by Gasteiger charge is 2.26. The molecule has 0 amide bonds. The number of ether oxygens (including phenoxy) is 2. The molecule has 5 heteroatoms. The molecule has 1 radical (unpaired) electrons. The summed E-state index contributed by atoms with van der Waals surface area (Å²) >= 11 is 0. The molecule has 0 aromatic heterocycles. The van der Waals surface area contributed by atoms with E-state index in [2.05, 4.69) is 17.8 Å². The molecule has 1 fully saturated rings. The largest absolute Gasteiger partial charge is 0.375 e. The lowest BCUT2D eigenvalue weighted by atomic mass is 9.81. The second kappa shape index (κ2) is 8.18. The summed E-state index contributed by atoms with van der Waals surface area (Å²) in [6, 6.07) is 1.96. The third-order valence-electron chi connectivity index (χ3n) is 5.14. The molecule has 27 heavy (non-hydrogen) atoms. The molecular weight excluding hydrogens is 343 g/mol. The Labute approximate surface area is 159 Å². The first-order valence-corrected chi connectivity index (χ1v) is 9.30. The molecule has 2 atom stereocenters. The molecule has 0 bridgehead atoms. The van der Waals surface area contributed by atoms with Gasteiger partial charge in [-0.1, -0.05) is 36.0 Å². The molecule has 4 nitrogen and oxygen atoms in total. The van der Waals surface area contributed by atoms with Crippen molar-refractivity contribution in [2.45, 2.75) is 12.5 Å². The second-order valence-corrected chi connectivity index (χ2v) is 6.94. The van der Waals surface area contributed by atoms with Crippen LogP contribution in [0.5, 0.6) is 0 Å². The Morgan fingerprint density at radius 1 is 1.33 bits per heavy atom. The van der Waals surface area contributed by atoms with Crippen molar-refractivity contribution in [3.63, 3.8) is 0 Å². The highest BCUT2D eigenvalue weighted by Crippen LogP contribution is 2.38. The van der Waals surface area contributed by atoms with Crippen molar-refractivity contribution >= 4 is 0 Å². The molecule has 2 aliphatic carbocycles. The van der Waals surface area contributed by atoms with Gasteiger partial charge in [-0.3, -0.25) is 0 Å². The van der Waals surface area contributed by atoms with Gasteiger partial charge in [-0.15, -0.1) is 0 Å². The van der Waals surface area contributed by atoms with Crippen molar-refractivity contribution in [2.75, 3.05) is 32.9 Å². The molecule has 0 aromatic carbocycles. The van der Waals surface area contributed by atoms with Crippen molar-refractivity contribution in [3.05, 3.63) is 76.6 Å². The van der Waals surface area contributed by atoms with Crippen LogP contribution >= 0.6 is 0 Å². The minimum atomic E-state index is -0.795. The average molecular weight is 365 g/mol. The Bertz CT molecular complexity index is 833. The number of hydrogen-bond donors (Lipinski definition) is 1. The molecule has 0 saturated carbocycles. The minimum Gasteiger partial charge on any atom is -0.375 e. The van der Waals surface area contributed by atoms with Crippen LogP contribution in [0.3, 0.4) is 0 Å². The minimum absolute atomic E-state index is 0.123. The Balaban J connectivity index is 1.74. The van der Waals surface area contributed by atoms with E-state index in [0.717, 1.165) is 48.4 Å². The van der Waals surface area contributed by atoms with Gasteiger partial charge in [0.2, 0.25) is 0 Å². The van der Waals surface area contributed by atoms with Crippen LogP contribution in [0.1, 0.15) is 6.42 Å². The van der Waals surface area contributed by atoms with E-state index in [1.807, 2.05) is 24.3 Å². The maximum atomic E-state index is 14.3. The molecule has 2 unspecified atom stereocenters. The molecule has 139 valence electrons. The molecule has 4 aliphatic rings. The molecule has 2 heterocycles. The molecule has 1 N–H and O–H groups in total. The van der Waals surface area contributed by atoms with Gasteiger partial charge in [0.15, 0.2) is 0 Å². The van der Waals surface area contributed by atoms with Crippen LogP contribution in [-0.4, -0.2) is 39.0 Å². The van der Waals surface area contributed by atoms with E-state index in [1.165, 1.54) is 11.6 Å². The van der Waals surface area contributed by atoms with Gasteiger partial charge in [0.25, 0.3) is 0 Å². The summed E-state index contributed by atoms with van der Waals surface area (Å²) in [4.78, 5) is 0. The van der Waals surface area contributed by atoms with Crippen molar-refractivity contribution in [1.82, 2.24) is 5.32 Å². The topological polar surface area (TPSA) is 54.3 Å². The van der Waals surface area contributed by atoms with E-state index in [9.17, 15) is 4.39 Å². The summed E-state index contributed by atoms with van der Waals surface area (Å²) in [7, 11) is 0. The Morgan fingerprint density at radius 2 is 2.26 bits per heavy atom. The predicted octanol–water partition coefficient (Wildman–Crippen LogP) is 3.25. The Kier molecular flexibility index (Phi) is 5.49. The summed E-state index contributed by atoms with van der Waals surface area (Å²) in [5, 5.41) is 12.4. The lowest BCUT2D eigenvalue weighted by Crippen LogP contribution is -2.38. The van der Waals surface area contributed by atoms with Crippen molar-refractivity contribution < 1.29 is 13.9 Å². The average Bonchev–Trinajstić information content (AvgIpc) is 3.23. The van der Waals surface area contributed by atoms with E-state index < -0.39 is 11.7 Å². The van der Waals surface area contributed by atoms with Crippen LogP contribution in [0.15, 0.2) is 70.1 Å². The van der Waals surface area contributed by atoms with E-state index >= 15 is 0 Å². The third-order valence-corrected chi connectivity index (χ3v) is 5.14. The standard InChI is InChI=1S/C22H22FN2O2/c23-21-11-15(4-5-17(21)12-24)20-3-1-2-16(10-19-13-25-7-9-27-19)22(20)18-6-8-26-14-18/h1-6,11,17,19,25H,7-10,13-14H2/b20-15+. The van der Waals surface area contributed by atoms with Crippen LogP contribution in [0, 0.1) is 23.7 Å². The number of nitrogens with zero attached hydrogens (tertiary/aromatic N) is 1. The Morgan fingerprint density at radius 3 is 2.96 bits per heavy atom. The highest BCUT2D eigenvalue weighted by molar-refractivity contribution is 5.66. The van der Waals surface area contributed by atoms with Gasteiger partial charge in [-0.25, -0.2) is 4.39 Å². The monoisotopic (exact) mass is 365 g/mol. The van der Waals surface area contributed by atoms with Crippen LogP contribution in [-0.2, 0) is 9.47 Å². The zero-order valence-corrected chi connectivity index (χ0v) is 15.1. The first-order chi connectivity index (χ1) is 13.3. The number of allylic oxidation sites excluding steroid dienone is 8. The third kappa shape index (κ3) is 3.89. The molecule has 0 aromatic rings. The Hall–Kier alpha value is -2.26. The quantitative estimate of drug-likeness (QED) is 0.834. The van der Waals surface area contributed by atoms with Gasteiger partial charge < -0.3 is 14.8 Å². The molecular formula is C22H22FN2O2. The number of nitrogens with one attached hydrogen (secondary N) is 1. The first-order valence-electron chi connectivity index (χ1n) is 9.30. The fourth-order valence-corrected chi connectivity index (χ4v) is 3.80. The van der Waals surface area contributed by atoms with E-state index in [4.69, 9.17) is 14.7 Å². The van der Waals surface area contributed by atoms with Gasteiger partial charge in [0.05, 0.1) is 32.0 Å². The maximum Gasteiger partial charge on any atom is 0.122 e. The zero-order chi connectivity index (χ0) is 18.6. The summed E-state index contributed by atoms with van der Waals surface area (Å²) in [6.45, 7) is 3.58. The number of hydrogen-bond acceptors (Lipinski definition) is 4. The maximum absolute atomic E-state index is 14.3. The number of morpholine rings is 1. The van der Waals surface area contributed by atoms with E-state index in [1.54, 1.807) is 6.08 Å². The SMILES string of the molecule is N#CC1C=C/C(=C2/C=C[CH]C(CC3CNCCO3)=C2C2=CCOC2)C=C1F. The van der Waals surface area contributed by atoms with Crippen LogP contribution < -0.4 is 5.32 Å². The van der Waals surface area contributed by atoms with Gasteiger partial charge in [-0.05, 0) is 34.8 Å². The van der Waals surface area contributed by atoms with Gasteiger partial charge in [0, 0.05) is 19.5 Å². The normalized spacial score (nSPS) is 31.0. The van der Waals surface area contributed by atoms with Crippen LogP contribution in [0.2, 0.25) is 0 Å². The summed E-state index contributed by atoms with van der Waals surface area (Å²) < 4.78 is 25.7. The van der Waals surface area contributed by atoms with Crippen molar-refractivity contribution in [3.8, 4) is 6.07 Å². The summed E-state index contributed by atoms with van der Waals surface area (Å²) in [6.07, 6.45) is 14.1. The predicted molar refractivity (Wildman–Crippen MR) is 101 cm³/mol. The van der Waals surface area contributed by atoms with Crippen molar-refractivity contribution in [1.29, 1.82) is 5.26 Å². The van der Waals surface area contributed by atoms with Crippen molar-refractivity contribution in [2.24, 2.45) is 5.92 Å². The highest BCUT2D eigenvalue weighted by atomic mass is 19.1. The lowest BCUT2D eigenvalue weighted by Gasteiger charge is -2.28. The zero-order valence-electron chi connectivity index (χ0n) is 15.1. The van der Waals surface area contributed by atoms with E-state index in [-0.39, 0.29) is 6.10 Å². The second-order valence-electron chi connectivity index (χ2n) is 6.94. The number of halogens is 1. The van der Waals surface area contributed by atoms with Crippen LogP contribution in [0.4, 0.5) is 4.39 Å². The molecule has 2 aliphatic heterocycles. The van der Waals surface area contributed by atoms with Crippen LogP contribution in [0.25, 0.3) is 0 Å². The smallest absolute Gasteiger partial charge is 0.122 e. The fourth-order valence-electron chi connectivity index (χ4n) is 3.80. The van der Waals surface area contributed by atoms with Gasteiger partial charge >= 0.3 is 0 Å². The molecule has 4 rings (SSSR count). The van der Waals surface area contributed by atoms with E-state index in [0.29, 0.717) is 13.2 Å². The van der Waals surface area contributed by atoms with Gasteiger partial charge in [0.1, 0.15) is 11.7 Å². The number of rotatable bonds is 3. The summed E-state index contributed by atoms with van der Waals surface area (Å²) in [5.41, 5.74) is 5.15. The molecule has 1 saturated heterocycles. The fraction of sp³-hybridized carbons (Fsp3) is 0.364. The number of nitriles is 1. The van der Waals surface area contributed by atoms with Gasteiger partial charge in [-0.2, -0.15) is 5.26 Å². The lowest BCUT2D eigenvalue weighted by molar-refractivity contribution is 0.0294. The molecule has 0 spiro atoms. The summed E-state index contributed by atoms with van der Waals surface area (Å²) in [5.74, 6) is -1.21. The first kappa shape index (κ1) is 18.1.